The molecular weight excluding hydrogens is 220 g/mol. The van der Waals surface area contributed by atoms with Gasteiger partial charge < -0.3 is 9.26 Å². The van der Waals surface area contributed by atoms with Crippen LogP contribution in [0.1, 0.15) is 16.1 Å². The molecule has 0 aliphatic carbocycles. The lowest BCUT2D eigenvalue weighted by molar-refractivity contribution is 0.102. The minimum Gasteiger partial charge on any atom is -0.497 e. The molecule has 2 aromatic rings. The fraction of sp³-hybridized carbons (Fsp3) is 0.167. The average Bonchev–Trinajstić information content (AvgIpc) is 2.75. The van der Waals surface area contributed by atoms with Crippen molar-refractivity contribution in [2.75, 3.05) is 12.4 Å². The second kappa shape index (κ2) is 4.69. The van der Waals surface area contributed by atoms with Crippen molar-refractivity contribution in [2.24, 2.45) is 0 Å². The van der Waals surface area contributed by atoms with Gasteiger partial charge in [0.1, 0.15) is 5.75 Å². The maximum absolute atomic E-state index is 11.8. The highest BCUT2D eigenvalue weighted by Crippen LogP contribution is 2.14. The number of rotatable bonds is 3. The van der Waals surface area contributed by atoms with Gasteiger partial charge in [-0.15, -0.1) is 0 Å². The van der Waals surface area contributed by atoms with E-state index in [4.69, 9.17) is 9.26 Å². The third-order valence-electron chi connectivity index (χ3n) is 2.22. The van der Waals surface area contributed by atoms with Crippen molar-refractivity contribution >= 4 is 11.8 Å². The van der Waals surface area contributed by atoms with E-state index in [1.807, 2.05) is 0 Å². The number of hydrogen-bond donors (Lipinski definition) is 1. The van der Waals surface area contributed by atoms with Crippen LogP contribution in [0.3, 0.4) is 0 Å². The topological polar surface area (TPSA) is 64.4 Å². The Bertz CT molecular complexity index is 517. The van der Waals surface area contributed by atoms with Crippen molar-refractivity contribution in [1.29, 1.82) is 0 Å². The molecule has 0 aliphatic heterocycles. The van der Waals surface area contributed by atoms with Crippen molar-refractivity contribution in [3.63, 3.8) is 0 Å². The molecule has 1 aromatic carbocycles. The van der Waals surface area contributed by atoms with Crippen LogP contribution < -0.4 is 10.1 Å². The van der Waals surface area contributed by atoms with Crippen LogP contribution in [0, 0.1) is 6.92 Å². The van der Waals surface area contributed by atoms with Gasteiger partial charge in [-0.05, 0) is 31.2 Å². The van der Waals surface area contributed by atoms with Crippen LogP contribution in [0.15, 0.2) is 34.9 Å². The van der Waals surface area contributed by atoms with Gasteiger partial charge >= 0.3 is 0 Å². The number of aryl methyl sites for hydroxylation is 1. The van der Waals surface area contributed by atoms with Crippen LogP contribution in [0.5, 0.6) is 5.75 Å². The average molecular weight is 232 g/mol. The fourth-order valence-corrected chi connectivity index (χ4v) is 1.35. The van der Waals surface area contributed by atoms with Crippen molar-refractivity contribution in [2.45, 2.75) is 6.92 Å². The van der Waals surface area contributed by atoms with Crippen molar-refractivity contribution in [3.05, 3.63) is 41.6 Å². The van der Waals surface area contributed by atoms with Crippen LogP contribution in [-0.4, -0.2) is 18.2 Å². The highest BCUT2D eigenvalue weighted by Gasteiger charge is 2.08. The molecule has 0 unspecified atom stereocenters. The van der Waals surface area contributed by atoms with Crippen molar-refractivity contribution < 1.29 is 14.1 Å². The second-order valence-electron chi connectivity index (χ2n) is 3.52. The summed E-state index contributed by atoms with van der Waals surface area (Å²) >= 11 is 0. The van der Waals surface area contributed by atoms with E-state index in [2.05, 4.69) is 10.5 Å². The number of nitrogens with one attached hydrogen (secondary N) is 1. The first kappa shape index (κ1) is 11.2. The quantitative estimate of drug-likeness (QED) is 0.881. The van der Waals surface area contributed by atoms with Crippen LogP contribution in [0.25, 0.3) is 0 Å². The monoisotopic (exact) mass is 232 g/mol. The second-order valence-corrected chi connectivity index (χ2v) is 3.52. The summed E-state index contributed by atoms with van der Waals surface area (Å²) in [6.07, 6.45) is 0. The molecule has 17 heavy (non-hydrogen) atoms. The highest BCUT2D eigenvalue weighted by atomic mass is 16.5. The molecule has 0 saturated carbocycles. The smallest absolute Gasteiger partial charge is 0.258 e. The predicted octanol–water partition coefficient (Wildman–Crippen LogP) is 2.24. The summed E-state index contributed by atoms with van der Waals surface area (Å²) in [4.78, 5) is 11.8. The number of benzene rings is 1. The Balaban J connectivity index is 2.09. The molecule has 0 saturated heterocycles. The fourth-order valence-electron chi connectivity index (χ4n) is 1.35. The van der Waals surface area contributed by atoms with Gasteiger partial charge in [0.15, 0.2) is 0 Å². The van der Waals surface area contributed by atoms with Gasteiger partial charge in [0.2, 0.25) is 5.88 Å². The minimum atomic E-state index is -0.246. The van der Waals surface area contributed by atoms with Crippen LogP contribution in [0.2, 0.25) is 0 Å². The SMILES string of the molecule is COc1ccc(C(=O)Nc2cc(C)no2)cc1. The first-order valence-corrected chi connectivity index (χ1v) is 5.08. The Kier molecular flexibility index (Phi) is 3.09. The van der Waals surface area contributed by atoms with Gasteiger partial charge in [-0.2, -0.15) is 0 Å². The van der Waals surface area contributed by atoms with Crippen LogP contribution in [0.4, 0.5) is 5.88 Å². The first-order valence-electron chi connectivity index (χ1n) is 5.08. The van der Waals surface area contributed by atoms with Gasteiger partial charge in [0.05, 0.1) is 12.8 Å². The van der Waals surface area contributed by atoms with E-state index in [9.17, 15) is 4.79 Å². The van der Waals surface area contributed by atoms with E-state index in [1.54, 1.807) is 44.4 Å². The largest absolute Gasteiger partial charge is 0.497 e. The molecule has 5 nitrogen and oxygen atoms in total. The van der Waals surface area contributed by atoms with Crippen molar-refractivity contribution in [1.82, 2.24) is 5.16 Å². The molecular formula is C12H12N2O3. The number of carbonyl (C=O) groups excluding carboxylic acids is 1. The standard InChI is InChI=1S/C12H12N2O3/c1-8-7-11(17-14-8)13-12(15)9-3-5-10(16-2)6-4-9/h3-7H,1-2H3,(H,13,15). The van der Waals surface area contributed by atoms with Crippen molar-refractivity contribution in [3.8, 4) is 5.75 Å². The summed E-state index contributed by atoms with van der Waals surface area (Å²) in [6, 6.07) is 8.46. The van der Waals surface area contributed by atoms with Gasteiger partial charge in [-0.25, -0.2) is 0 Å². The van der Waals surface area contributed by atoms with E-state index in [-0.39, 0.29) is 5.91 Å². The summed E-state index contributed by atoms with van der Waals surface area (Å²) < 4.78 is 9.90. The van der Waals surface area contributed by atoms with E-state index >= 15 is 0 Å². The Morgan fingerprint density at radius 1 is 1.35 bits per heavy atom. The summed E-state index contributed by atoms with van der Waals surface area (Å²) in [7, 11) is 1.58. The molecule has 0 radical (unpaired) electrons. The molecule has 1 heterocycles. The molecule has 0 aliphatic rings. The molecule has 0 spiro atoms. The molecule has 88 valence electrons. The number of carbonyl (C=O) groups is 1. The Morgan fingerprint density at radius 2 is 2.06 bits per heavy atom. The molecule has 2 rings (SSSR count). The number of anilines is 1. The normalized spacial score (nSPS) is 10.0. The zero-order valence-electron chi connectivity index (χ0n) is 9.56. The summed E-state index contributed by atoms with van der Waals surface area (Å²) in [5.74, 6) is 0.796. The number of aromatic nitrogens is 1. The molecule has 1 amide bonds. The Hall–Kier alpha value is -2.30. The third-order valence-corrected chi connectivity index (χ3v) is 2.22. The Labute approximate surface area is 98.4 Å². The zero-order valence-corrected chi connectivity index (χ0v) is 9.56. The zero-order chi connectivity index (χ0) is 12.3. The van der Waals surface area contributed by atoms with Gasteiger partial charge in [-0.1, -0.05) is 5.16 Å². The van der Waals surface area contributed by atoms with Crippen LogP contribution in [-0.2, 0) is 0 Å². The maximum atomic E-state index is 11.8. The van der Waals surface area contributed by atoms with E-state index in [1.165, 1.54) is 0 Å². The van der Waals surface area contributed by atoms with Gasteiger partial charge in [0.25, 0.3) is 5.91 Å². The van der Waals surface area contributed by atoms with E-state index in [0.29, 0.717) is 17.2 Å². The van der Waals surface area contributed by atoms with Gasteiger partial charge in [-0.3, -0.25) is 10.1 Å². The summed E-state index contributed by atoms with van der Waals surface area (Å²) in [5, 5.41) is 6.29. The Morgan fingerprint density at radius 3 is 2.59 bits per heavy atom. The highest BCUT2D eigenvalue weighted by molar-refractivity contribution is 6.03. The molecule has 0 fully saturated rings. The lowest BCUT2D eigenvalue weighted by atomic mass is 10.2. The molecule has 1 aromatic heterocycles. The minimum absolute atomic E-state index is 0.246. The lowest BCUT2D eigenvalue weighted by Crippen LogP contribution is -2.11. The number of nitrogens with zero attached hydrogens (tertiary/aromatic N) is 1. The van der Waals surface area contributed by atoms with E-state index in [0.717, 1.165) is 5.69 Å². The number of methoxy groups -OCH3 is 1. The number of ether oxygens (including phenoxy) is 1. The van der Waals surface area contributed by atoms with Gasteiger partial charge in [0, 0.05) is 11.6 Å². The first-order chi connectivity index (χ1) is 8.19. The number of hydrogen-bond acceptors (Lipinski definition) is 4. The number of amides is 1. The lowest BCUT2D eigenvalue weighted by Gasteiger charge is -2.02. The summed E-state index contributed by atoms with van der Waals surface area (Å²) in [5.41, 5.74) is 1.25. The molecule has 0 bridgehead atoms. The third kappa shape index (κ3) is 2.63. The summed E-state index contributed by atoms with van der Waals surface area (Å²) in [6.45, 7) is 1.78. The molecule has 5 heteroatoms. The molecule has 1 N–H and O–H groups in total. The van der Waals surface area contributed by atoms with E-state index < -0.39 is 0 Å². The predicted molar refractivity (Wildman–Crippen MR) is 62.2 cm³/mol. The van der Waals surface area contributed by atoms with Crippen LogP contribution >= 0.6 is 0 Å². The maximum Gasteiger partial charge on any atom is 0.258 e. The molecule has 0 atom stereocenters.